The maximum atomic E-state index is 12.8. The Morgan fingerprint density at radius 3 is 2.50 bits per heavy atom. The average Bonchev–Trinajstić information content (AvgIpc) is 2.48. The molecule has 3 nitrogen and oxygen atoms in total. The lowest BCUT2D eigenvalue weighted by molar-refractivity contribution is -0.127. The number of carbonyl (C=O) groups excluding carboxylic acids is 1. The lowest BCUT2D eigenvalue weighted by atomic mass is 10.1. The summed E-state index contributed by atoms with van der Waals surface area (Å²) in [7, 11) is 0. The molecule has 0 aliphatic rings. The molecule has 2 aromatic carbocycles. The first kappa shape index (κ1) is 16.2. The standard InChI is InChI=1S/C18H20FNO2/c1-12-4-5-15(13(2)10-12)11-22-14(3)18(21)20-17-8-6-16(19)7-9-17/h4-10,14H,11H2,1-3H3,(H,20,21). The molecule has 22 heavy (non-hydrogen) atoms. The minimum absolute atomic E-state index is 0.253. The SMILES string of the molecule is Cc1ccc(COC(C)C(=O)Nc2ccc(F)cc2)c(C)c1. The Kier molecular flexibility index (Phi) is 5.28. The molecule has 0 saturated carbocycles. The van der Waals surface area contributed by atoms with E-state index in [-0.39, 0.29) is 11.7 Å². The molecule has 1 unspecified atom stereocenters. The monoisotopic (exact) mass is 301 g/mol. The van der Waals surface area contributed by atoms with E-state index in [1.54, 1.807) is 6.92 Å². The number of nitrogens with one attached hydrogen (secondary N) is 1. The fourth-order valence-corrected chi connectivity index (χ4v) is 2.08. The molecule has 0 heterocycles. The van der Waals surface area contributed by atoms with Crippen molar-refractivity contribution in [2.45, 2.75) is 33.5 Å². The molecule has 1 N–H and O–H groups in total. The number of halogens is 1. The third-order valence-electron chi connectivity index (χ3n) is 3.47. The summed E-state index contributed by atoms with van der Waals surface area (Å²) < 4.78 is 18.4. The summed E-state index contributed by atoms with van der Waals surface area (Å²) in [5.41, 5.74) is 3.95. The van der Waals surface area contributed by atoms with Crippen molar-refractivity contribution in [3.8, 4) is 0 Å². The number of amides is 1. The zero-order chi connectivity index (χ0) is 16.1. The number of carbonyl (C=O) groups is 1. The topological polar surface area (TPSA) is 38.3 Å². The molecular weight excluding hydrogens is 281 g/mol. The number of rotatable bonds is 5. The van der Waals surface area contributed by atoms with Gasteiger partial charge in [-0.15, -0.1) is 0 Å². The number of ether oxygens (including phenoxy) is 1. The minimum Gasteiger partial charge on any atom is -0.364 e. The maximum Gasteiger partial charge on any atom is 0.253 e. The van der Waals surface area contributed by atoms with Crippen LogP contribution >= 0.6 is 0 Å². The molecule has 0 radical (unpaired) electrons. The molecule has 116 valence electrons. The largest absolute Gasteiger partial charge is 0.364 e. The fraction of sp³-hybridized carbons (Fsp3) is 0.278. The van der Waals surface area contributed by atoms with Crippen molar-refractivity contribution in [3.63, 3.8) is 0 Å². The van der Waals surface area contributed by atoms with Crippen LogP contribution in [0.1, 0.15) is 23.6 Å². The second-order valence-corrected chi connectivity index (χ2v) is 5.38. The lowest BCUT2D eigenvalue weighted by Gasteiger charge is -2.14. The Bertz CT molecular complexity index is 653. The Balaban J connectivity index is 1.89. The third-order valence-corrected chi connectivity index (χ3v) is 3.47. The highest BCUT2D eigenvalue weighted by atomic mass is 19.1. The molecular formula is C18H20FNO2. The van der Waals surface area contributed by atoms with Crippen LogP contribution in [0.4, 0.5) is 10.1 Å². The van der Waals surface area contributed by atoms with Crippen LogP contribution in [-0.4, -0.2) is 12.0 Å². The minimum atomic E-state index is -0.592. The van der Waals surface area contributed by atoms with Gasteiger partial charge in [0.15, 0.2) is 0 Å². The Hall–Kier alpha value is -2.20. The lowest BCUT2D eigenvalue weighted by Crippen LogP contribution is -2.27. The molecule has 1 atom stereocenters. The molecule has 2 aromatic rings. The van der Waals surface area contributed by atoms with E-state index in [0.29, 0.717) is 12.3 Å². The van der Waals surface area contributed by atoms with Gasteiger partial charge in [-0.05, 0) is 56.2 Å². The molecule has 0 aliphatic heterocycles. The molecule has 2 rings (SSSR count). The number of anilines is 1. The highest BCUT2D eigenvalue weighted by Crippen LogP contribution is 2.14. The van der Waals surface area contributed by atoms with Crippen LogP contribution in [0, 0.1) is 19.7 Å². The van der Waals surface area contributed by atoms with E-state index >= 15 is 0 Å². The predicted octanol–water partition coefficient (Wildman–Crippen LogP) is 3.99. The third kappa shape index (κ3) is 4.40. The quantitative estimate of drug-likeness (QED) is 0.907. The molecule has 0 spiro atoms. The summed E-state index contributed by atoms with van der Waals surface area (Å²) >= 11 is 0. The maximum absolute atomic E-state index is 12.8. The van der Waals surface area contributed by atoms with Gasteiger partial charge < -0.3 is 10.1 Å². The van der Waals surface area contributed by atoms with Gasteiger partial charge in [0, 0.05) is 5.69 Å². The molecule has 0 aliphatic carbocycles. The summed E-state index contributed by atoms with van der Waals surface area (Å²) in [4.78, 5) is 12.0. The van der Waals surface area contributed by atoms with Gasteiger partial charge in [-0.3, -0.25) is 4.79 Å². The van der Waals surface area contributed by atoms with Crippen LogP contribution in [0.5, 0.6) is 0 Å². The van der Waals surface area contributed by atoms with E-state index in [9.17, 15) is 9.18 Å². The van der Waals surface area contributed by atoms with Crippen molar-refractivity contribution in [1.29, 1.82) is 0 Å². The van der Waals surface area contributed by atoms with Gasteiger partial charge in [0.25, 0.3) is 5.91 Å². The van der Waals surface area contributed by atoms with E-state index in [4.69, 9.17) is 4.74 Å². The van der Waals surface area contributed by atoms with Crippen molar-refractivity contribution in [3.05, 3.63) is 65.0 Å². The normalized spacial score (nSPS) is 12.0. The van der Waals surface area contributed by atoms with Crippen LogP contribution in [0.25, 0.3) is 0 Å². The van der Waals surface area contributed by atoms with Crippen molar-refractivity contribution in [2.75, 3.05) is 5.32 Å². The zero-order valence-electron chi connectivity index (χ0n) is 13.0. The summed E-state index contributed by atoms with van der Waals surface area (Å²) in [6.45, 7) is 6.14. The van der Waals surface area contributed by atoms with E-state index in [1.807, 2.05) is 26.0 Å². The first-order valence-electron chi connectivity index (χ1n) is 7.20. The number of hydrogen-bond donors (Lipinski definition) is 1. The van der Waals surface area contributed by atoms with Crippen LogP contribution in [0.3, 0.4) is 0 Å². The van der Waals surface area contributed by atoms with Gasteiger partial charge in [0.05, 0.1) is 6.61 Å². The summed E-state index contributed by atoms with van der Waals surface area (Å²) in [5.74, 6) is -0.589. The second kappa shape index (κ2) is 7.18. The average molecular weight is 301 g/mol. The Morgan fingerprint density at radius 2 is 1.86 bits per heavy atom. The number of hydrogen-bond acceptors (Lipinski definition) is 2. The predicted molar refractivity (Wildman–Crippen MR) is 85.2 cm³/mol. The van der Waals surface area contributed by atoms with Gasteiger partial charge >= 0.3 is 0 Å². The van der Waals surface area contributed by atoms with Gasteiger partial charge in [-0.25, -0.2) is 4.39 Å². The van der Waals surface area contributed by atoms with Crippen LogP contribution in [0.2, 0.25) is 0 Å². The van der Waals surface area contributed by atoms with Crippen molar-refractivity contribution < 1.29 is 13.9 Å². The van der Waals surface area contributed by atoms with E-state index in [0.717, 1.165) is 11.1 Å². The van der Waals surface area contributed by atoms with Crippen LogP contribution in [-0.2, 0) is 16.1 Å². The van der Waals surface area contributed by atoms with Gasteiger partial charge in [-0.2, -0.15) is 0 Å². The van der Waals surface area contributed by atoms with E-state index in [2.05, 4.69) is 11.4 Å². The summed E-state index contributed by atoms with van der Waals surface area (Å²) in [6.07, 6.45) is -0.592. The first-order valence-corrected chi connectivity index (χ1v) is 7.20. The van der Waals surface area contributed by atoms with Gasteiger partial charge in [-0.1, -0.05) is 23.8 Å². The summed E-state index contributed by atoms with van der Waals surface area (Å²) in [6, 6.07) is 11.8. The molecule has 1 amide bonds. The highest BCUT2D eigenvalue weighted by Gasteiger charge is 2.14. The molecule has 0 fully saturated rings. The van der Waals surface area contributed by atoms with E-state index < -0.39 is 6.10 Å². The van der Waals surface area contributed by atoms with Crippen molar-refractivity contribution >= 4 is 11.6 Å². The molecule has 0 aromatic heterocycles. The van der Waals surface area contributed by atoms with E-state index in [1.165, 1.54) is 29.8 Å². The van der Waals surface area contributed by atoms with Crippen LogP contribution < -0.4 is 5.32 Å². The zero-order valence-corrected chi connectivity index (χ0v) is 13.0. The van der Waals surface area contributed by atoms with Crippen molar-refractivity contribution in [2.24, 2.45) is 0 Å². The molecule has 0 bridgehead atoms. The second-order valence-electron chi connectivity index (χ2n) is 5.38. The van der Waals surface area contributed by atoms with Crippen LogP contribution in [0.15, 0.2) is 42.5 Å². The molecule has 0 saturated heterocycles. The first-order chi connectivity index (χ1) is 10.5. The smallest absolute Gasteiger partial charge is 0.253 e. The van der Waals surface area contributed by atoms with Gasteiger partial charge in [0.1, 0.15) is 11.9 Å². The highest BCUT2D eigenvalue weighted by molar-refractivity contribution is 5.93. The Labute approximate surface area is 130 Å². The number of aryl methyl sites for hydroxylation is 2. The number of benzene rings is 2. The summed E-state index contributed by atoms with van der Waals surface area (Å²) in [5, 5.41) is 2.70. The van der Waals surface area contributed by atoms with Crippen molar-refractivity contribution in [1.82, 2.24) is 0 Å². The van der Waals surface area contributed by atoms with Gasteiger partial charge in [0.2, 0.25) is 0 Å². The fourth-order valence-electron chi connectivity index (χ4n) is 2.08. The molecule has 4 heteroatoms. The Morgan fingerprint density at radius 1 is 1.18 bits per heavy atom.